The third-order valence-corrected chi connectivity index (χ3v) is 1.56. The first-order valence-corrected chi connectivity index (χ1v) is 3.66. The molecule has 1 N–H and O–H groups in total. The van der Waals surface area contributed by atoms with Gasteiger partial charge in [0.25, 0.3) is 0 Å². The number of ether oxygens (including phenoxy) is 1. The first-order valence-electron chi connectivity index (χ1n) is 3.66. The van der Waals surface area contributed by atoms with Crippen LogP contribution in [0, 0.1) is 5.82 Å². The van der Waals surface area contributed by atoms with E-state index in [9.17, 15) is 9.50 Å². The van der Waals surface area contributed by atoms with Crippen molar-refractivity contribution in [2.45, 2.75) is 6.10 Å². The average molecular weight is 170 g/mol. The van der Waals surface area contributed by atoms with Gasteiger partial charge in [0.2, 0.25) is 0 Å². The summed E-state index contributed by atoms with van der Waals surface area (Å²) in [5.74, 6) is -0.345. The Morgan fingerprint density at radius 2 is 2.33 bits per heavy atom. The predicted molar refractivity (Wildman–Crippen MR) is 43.2 cm³/mol. The molecule has 0 bridgehead atoms. The van der Waals surface area contributed by atoms with Crippen molar-refractivity contribution in [1.29, 1.82) is 0 Å². The molecule has 0 aliphatic carbocycles. The molecule has 1 rings (SSSR count). The lowest BCUT2D eigenvalue weighted by Gasteiger charge is -2.08. The largest absolute Gasteiger partial charge is 0.386 e. The summed E-state index contributed by atoms with van der Waals surface area (Å²) < 4.78 is 17.3. The van der Waals surface area contributed by atoms with E-state index >= 15 is 0 Å². The second kappa shape index (κ2) is 4.18. The van der Waals surface area contributed by atoms with Gasteiger partial charge in [0, 0.05) is 7.11 Å². The molecular formula is C9H11FO2. The predicted octanol–water partition coefficient (Wildman–Crippen LogP) is 1.51. The van der Waals surface area contributed by atoms with Crippen LogP contribution in [-0.2, 0) is 4.74 Å². The molecule has 0 aromatic heterocycles. The second-order valence-electron chi connectivity index (χ2n) is 2.53. The molecule has 0 aliphatic rings. The van der Waals surface area contributed by atoms with E-state index in [0.29, 0.717) is 5.56 Å². The fourth-order valence-electron chi connectivity index (χ4n) is 0.968. The summed E-state index contributed by atoms with van der Waals surface area (Å²) in [5.41, 5.74) is 0.539. The first-order chi connectivity index (χ1) is 5.74. The zero-order chi connectivity index (χ0) is 8.97. The molecule has 1 aromatic rings. The Balaban J connectivity index is 2.73. The molecule has 0 spiro atoms. The molecule has 3 heteroatoms. The van der Waals surface area contributed by atoms with Gasteiger partial charge in [0.1, 0.15) is 11.9 Å². The lowest BCUT2D eigenvalue weighted by atomic mass is 10.1. The van der Waals surface area contributed by atoms with Gasteiger partial charge in [-0.1, -0.05) is 12.1 Å². The second-order valence-corrected chi connectivity index (χ2v) is 2.53. The van der Waals surface area contributed by atoms with Crippen molar-refractivity contribution in [3.05, 3.63) is 35.6 Å². The molecule has 0 radical (unpaired) electrons. The summed E-state index contributed by atoms with van der Waals surface area (Å²) in [5, 5.41) is 9.35. The lowest BCUT2D eigenvalue weighted by Crippen LogP contribution is -2.04. The van der Waals surface area contributed by atoms with Gasteiger partial charge in [-0.3, -0.25) is 0 Å². The number of halogens is 1. The molecule has 1 aromatic carbocycles. The average Bonchev–Trinajstić information content (AvgIpc) is 2.05. The standard InChI is InChI=1S/C9H11FO2/c1-12-6-9(11)7-3-2-4-8(10)5-7/h2-5,9,11H,6H2,1H3. The zero-order valence-corrected chi connectivity index (χ0v) is 6.83. The Labute approximate surface area is 70.6 Å². The van der Waals surface area contributed by atoms with Gasteiger partial charge in [-0.15, -0.1) is 0 Å². The van der Waals surface area contributed by atoms with Crippen LogP contribution in [0.15, 0.2) is 24.3 Å². The van der Waals surface area contributed by atoms with E-state index in [1.807, 2.05) is 0 Å². The van der Waals surface area contributed by atoms with Crippen molar-refractivity contribution >= 4 is 0 Å². The number of hydrogen-bond acceptors (Lipinski definition) is 2. The molecule has 66 valence electrons. The third kappa shape index (κ3) is 2.29. The number of benzene rings is 1. The van der Waals surface area contributed by atoms with Gasteiger partial charge < -0.3 is 9.84 Å². The Kier molecular flexibility index (Phi) is 3.19. The van der Waals surface area contributed by atoms with Gasteiger partial charge in [0.05, 0.1) is 6.61 Å². The quantitative estimate of drug-likeness (QED) is 0.745. The highest BCUT2D eigenvalue weighted by molar-refractivity contribution is 5.18. The number of hydrogen-bond donors (Lipinski definition) is 1. The van der Waals surface area contributed by atoms with Crippen LogP contribution in [0.5, 0.6) is 0 Å². The highest BCUT2D eigenvalue weighted by Crippen LogP contribution is 2.13. The number of methoxy groups -OCH3 is 1. The SMILES string of the molecule is COCC(O)c1cccc(F)c1. The molecule has 12 heavy (non-hydrogen) atoms. The van der Waals surface area contributed by atoms with E-state index in [0.717, 1.165) is 0 Å². The van der Waals surface area contributed by atoms with Crippen LogP contribution in [0.2, 0.25) is 0 Å². The minimum atomic E-state index is -0.745. The molecule has 1 unspecified atom stereocenters. The van der Waals surface area contributed by atoms with Crippen molar-refractivity contribution in [2.24, 2.45) is 0 Å². The van der Waals surface area contributed by atoms with Gasteiger partial charge in [-0.05, 0) is 17.7 Å². The fraction of sp³-hybridized carbons (Fsp3) is 0.333. The Bertz CT molecular complexity index is 250. The molecule has 0 fully saturated rings. The highest BCUT2D eigenvalue weighted by Gasteiger charge is 2.06. The summed E-state index contributed by atoms with van der Waals surface area (Å²) in [6, 6.07) is 5.85. The van der Waals surface area contributed by atoms with Gasteiger partial charge in [-0.25, -0.2) is 4.39 Å². The smallest absolute Gasteiger partial charge is 0.123 e. The van der Waals surface area contributed by atoms with Crippen LogP contribution >= 0.6 is 0 Å². The van der Waals surface area contributed by atoms with E-state index in [-0.39, 0.29) is 12.4 Å². The van der Waals surface area contributed by atoms with Crippen molar-refractivity contribution in [3.63, 3.8) is 0 Å². The zero-order valence-electron chi connectivity index (χ0n) is 6.83. The molecule has 0 saturated carbocycles. The molecule has 0 aliphatic heterocycles. The van der Waals surface area contributed by atoms with Crippen LogP contribution in [0.4, 0.5) is 4.39 Å². The normalized spacial score (nSPS) is 12.9. The van der Waals surface area contributed by atoms with Crippen molar-refractivity contribution in [3.8, 4) is 0 Å². The minimum Gasteiger partial charge on any atom is -0.386 e. The Morgan fingerprint density at radius 1 is 1.58 bits per heavy atom. The van der Waals surface area contributed by atoms with Gasteiger partial charge in [0.15, 0.2) is 0 Å². The lowest BCUT2D eigenvalue weighted by molar-refractivity contribution is 0.0642. The maximum atomic E-state index is 12.6. The topological polar surface area (TPSA) is 29.5 Å². The summed E-state index contributed by atoms with van der Waals surface area (Å²) in [6.07, 6.45) is -0.745. The molecule has 0 saturated heterocycles. The van der Waals surface area contributed by atoms with Gasteiger partial charge in [-0.2, -0.15) is 0 Å². The summed E-state index contributed by atoms with van der Waals surface area (Å²) >= 11 is 0. The van der Waals surface area contributed by atoms with Gasteiger partial charge >= 0.3 is 0 Å². The highest BCUT2D eigenvalue weighted by atomic mass is 19.1. The minimum absolute atomic E-state index is 0.184. The van der Waals surface area contributed by atoms with E-state index in [2.05, 4.69) is 0 Å². The number of aliphatic hydroxyl groups is 1. The summed E-state index contributed by atoms with van der Waals surface area (Å²) in [6.45, 7) is 0.184. The number of aliphatic hydroxyl groups excluding tert-OH is 1. The van der Waals surface area contributed by atoms with E-state index < -0.39 is 6.10 Å². The van der Waals surface area contributed by atoms with Crippen molar-refractivity contribution in [2.75, 3.05) is 13.7 Å². The molecule has 2 nitrogen and oxygen atoms in total. The maximum Gasteiger partial charge on any atom is 0.123 e. The van der Waals surface area contributed by atoms with E-state index in [4.69, 9.17) is 4.74 Å². The molecule has 0 heterocycles. The Morgan fingerprint density at radius 3 is 2.92 bits per heavy atom. The maximum absolute atomic E-state index is 12.6. The van der Waals surface area contributed by atoms with Crippen LogP contribution in [0.3, 0.4) is 0 Å². The monoisotopic (exact) mass is 170 g/mol. The first kappa shape index (κ1) is 9.16. The molecular weight excluding hydrogens is 159 g/mol. The molecule has 0 amide bonds. The third-order valence-electron chi connectivity index (χ3n) is 1.56. The molecule has 1 atom stereocenters. The van der Waals surface area contributed by atoms with Crippen LogP contribution < -0.4 is 0 Å². The van der Waals surface area contributed by atoms with E-state index in [1.165, 1.54) is 19.2 Å². The van der Waals surface area contributed by atoms with Crippen molar-refractivity contribution in [1.82, 2.24) is 0 Å². The van der Waals surface area contributed by atoms with Crippen LogP contribution in [-0.4, -0.2) is 18.8 Å². The number of rotatable bonds is 3. The van der Waals surface area contributed by atoms with Crippen molar-refractivity contribution < 1.29 is 14.2 Å². The summed E-state index contributed by atoms with van der Waals surface area (Å²) in [7, 11) is 1.49. The van der Waals surface area contributed by atoms with Crippen LogP contribution in [0.25, 0.3) is 0 Å². The van der Waals surface area contributed by atoms with Crippen LogP contribution in [0.1, 0.15) is 11.7 Å². The summed E-state index contributed by atoms with van der Waals surface area (Å²) in [4.78, 5) is 0. The van der Waals surface area contributed by atoms with E-state index in [1.54, 1.807) is 12.1 Å². The fourth-order valence-corrected chi connectivity index (χ4v) is 0.968. The Hall–Kier alpha value is -0.930.